The van der Waals surface area contributed by atoms with Gasteiger partial charge in [-0.1, -0.05) is 12.1 Å². The third kappa shape index (κ3) is 1.56. The normalized spacial score (nSPS) is 10.3. The predicted molar refractivity (Wildman–Crippen MR) is 56.2 cm³/mol. The molecule has 0 amide bonds. The lowest BCUT2D eigenvalue weighted by molar-refractivity contribution is 0.111. The summed E-state index contributed by atoms with van der Waals surface area (Å²) in [6.07, 6.45) is 0.754. The zero-order chi connectivity index (χ0) is 10.8. The van der Waals surface area contributed by atoms with E-state index in [0.717, 1.165) is 6.29 Å². The first-order chi connectivity index (χ1) is 7.24. The average Bonchev–Trinajstić information content (AvgIpc) is 2.60. The number of aldehydes is 1. The van der Waals surface area contributed by atoms with Crippen LogP contribution >= 0.6 is 0 Å². The lowest BCUT2D eigenvalue weighted by Crippen LogP contribution is -1.97. The molecule has 0 spiro atoms. The third-order valence-corrected chi connectivity index (χ3v) is 2.43. The Balaban J connectivity index is 2.59. The Bertz CT molecular complexity index is 502. The van der Waals surface area contributed by atoms with Crippen molar-refractivity contribution in [2.75, 3.05) is 0 Å². The molecule has 76 valence electrons. The van der Waals surface area contributed by atoms with Crippen LogP contribution < -0.4 is 0 Å². The van der Waals surface area contributed by atoms with E-state index in [0.29, 0.717) is 17.0 Å². The topological polar surface area (TPSA) is 22.0 Å². The molecule has 0 saturated heterocycles. The highest BCUT2D eigenvalue weighted by Crippen LogP contribution is 2.23. The Hall–Kier alpha value is -1.90. The molecule has 0 atom stereocenters. The second-order valence-corrected chi connectivity index (χ2v) is 3.30. The summed E-state index contributed by atoms with van der Waals surface area (Å²) in [7, 11) is 1.74. The lowest BCUT2D eigenvalue weighted by Gasteiger charge is -2.05. The van der Waals surface area contributed by atoms with Crippen LogP contribution in [0.15, 0.2) is 36.4 Å². The third-order valence-electron chi connectivity index (χ3n) is 2.43. The van der Waals surface area contributed by atoms with Gasteiger partial charge in [0.15, 0.2) is 6.29 Å². The van der Waals surface area contributed by atoms with Gasteiger partial charge in [-0.15, -0.1) is 0 Å². The van der Waals surface area contributed by atoms with Crippen LogP contribution in [0.4, 0.5) is 4.39 Å². The number of hydrogen-bond donors (Lipinski definition) is 0. The summed E-state index contributed by atoms with van der Waals surface area (Å²) >= 11 is 0. The quantitative estimate of drug-likeness (QED) is 0.688. The van der Waals surface area contributed by atoms with E-state index in [2.05, 4.69) is 0 Å². The van der Waals surface area contributed by atoms with Gasteiger partial charge < -0.3 is 4.57 Å². The monoisotopic (exact) mass is 203 g/mol. The Kier molecular flexibility index (Phi) is 2.37. The molecule has 2 nitrogen and oxygen atoms in total. The summed E-state index contributed by atoms with van der Waals surface area (Å²) < 4.78 is 15.1. The molecule has 3 heteroatoms. The molecule has 0 radical (unpaired) electrons. The van der Waals surface area contributed by atoms with Crippen molar-refractivity contribution in [2.24, 2.45) is 7.05 Å². The number of carbonyl (C=O) groups is 1. The minimum atomic E-state index is -0.281. The molecule has 0 N–H and O–H groups in total. The first-order valence-electron chi connectivity index (χ1n) is 4.60. The number of carbonyl (C=O) groups excluding carboxylic acids is 1. The minimum Gasteiger partial charge on any atom is -0.341 e. The van der Waals surface area contributed by atoms with Gasteiger partial charge in [-0.05, 0) is 24.3 Å². The molecule has 1 heterocycles. The second kappa shape index (κ2) is 3.69. The second-order valence-electron chi connectivity index (χ2n) is 3.30. The molecule has 0 aliphatic carbocycles. The highest BCUT2D eigenvalue weighted by Gasteiger charge is 2.09. The summed E-state index contributed by atoms with van der Waals surface area (Å²) in [5, 5.41) is 0. The van der Waals surface area contributed by atoms with Crippen LogP contribution in [-0.2, 0) is 7.05 Å². The highest BCUT2D eigenvalue weighted by atomic mass is 19.1. The smallest absolute Gasteiger partial charge is 0.166 e. The van der Waals surface area contributed by atoms with E-state index in [1.54, 1.807) is 41.9 Å². The molecule has 2 aromatic rings. The molecule has 0 aliphatic heterocycles. The molecule has 0 bridgehead atoms. The van der Waals surface area contributed by atoms with Gasteiger partial charge in [0.1, 0.15) is 5.82 Å². The van der Waals surface area contributed by atoms with Crippen molar-refractivity contribution < 1.29 is 9.18 Å². The van der Waals surface area contributed by atoms with Crippen molar-refractivity contribution in [1.29, 1.82) is 0 Å². The van der Waals surface area contributed by atoms with Crippen LogP contribution in [0.25, 0.3) is 11.3 Å². The standard InChI is InChI=1S/C12H10FNO/c1-14-9(8-15)6-7-12(14)10-4-2-3-5-11(10)13/h2-8H,1H3. The van der Waals surface area contributed by atoms with Crippen LogP contribution in [0.2, 0.25) is 0 Å². The van der Waals surface area contributed by atoms with E-state index in [1.165, 1.54) is 6.07 Å². The number of halogens is 1. The Labute approximate surface area is 87.0 Å². The summed E-state index contributed by atoms with van der Waals surface area (Å²) in [6.45, 7) is 0. The van der Waals surface area contributed by atoms with E-state index in [1.807, 2.05) is 0 Å². The summed E-state index contributed by atoms with van der Waals surface area (Å²) in [5.74, 6) is -0.281. The largest absolute Gasteiger partial charge is 0.341 e. The molecular formula is C12H10FNO. The first kappa shape index (κ1) is 9.65. The van der Waals surface area contributed by atoms with E-state index in [-0.39, 0.29) is 5.82 Å². The zero-order valence-electron chi connectivity index (χ0n) is 8.27. The van der Waals surface area contributed by atoms with Gasteiger partial charge in [-0.2, -0.15) is 0 Å². The number of rotatable bonds is 2. The van der Waals surface area contributed by atoms with Crippen molar-refractivity contribution >= 4 is 6.29 Å². The maximum absolute atomic E-state index is 13.5. The van der Waals surface area contributed by atoms with Gasteiger partial charge in [0.2, 0.25) is 0 Å². The number of nitrogens with zero attached hydrogens (tertiary/aromatic N) is 1. The summed E-state index contributed by atoms with van der Waals surface area (Å²) in [6, 6.07) is 9.92. The Morgan fingerprint density at radius 3 is 2.53 bits per heavy atom. The maximum atomic E-state index is 13.5. The van der Waals surface area contributed by atoms with E-state index >= 15 is 0 Å². The van der Waals surface area contributed by atoms with Gasteiger partial charge in [0.25, 0.3) is 0 Å². The number of aromatic nitrogens is 1. The van der Waals surface area contributed by atoms with Crippen molar-refractivity contribution in [3.05, 3.63) is 47.9 Å². The molecule has 0 unspecified atom stereocenters. The molecule has 1 aromatic heterocycles. The van der Waals surface area contributed by atoms with Crippen LogP contribution in [0.3, 0.4) is 0 Å². The predicted octanol–water partition coefficient (Wildman–Crippen LogP) is 2.64. The van der Waals surface area contributed by atoms with Gasteiger partial charge >= 0.3 is 0 Å². The fourth-order valence-electron chi connectivity index (χ4n) is 1.58. The van der Waals surface area contributed by atoms with Gasteiger partial charge in [0.05, 0.1) is 11.4 Å². The Morgan fingerprint density at radius 2 is 1.93 bits per heavy atom. The fraction of sp³-hybridized carbons (Fsp3) is 0.0833. The molecule has 1 aromatic carbocycles. The van der Waals surface area contributed by atoms with Crippen molar-refractivity contribution in [1.82, 2.24) is 4.57 Å². The average molecular weight is 203 g/mol. The number of hydrogen-bond acceptors (Lipinski definition) is 1. The number of benzene rings is 1. The summed E-state index contributed by atoms with van der Waals surface area (Å²) in [5.41, 5.74) is 1.75. The van der Waals surface area contributed by atoms with E-state index in [9.17, 15) is 9.18 Å². The van der Waals surface area contributed by atoms with Gasteiger partial charge in [0, 0.05) is 12.6 Å². The molecular weight excluding hydrogens is 193 g/mol. The van der Waals surface area contributed by atoms with Gasteiger partial charge in [-0.25, -0.2) is 4.39 Å². The van der Waals surface area contributed by atoms with Crippen molar-refractivity contribution in [2.45, 2.75) is 0 Å². The fourth-order valence-corrected chi connectivity index (χ4v) is 1.58. The molecule has 0 saturated carbocycles. The summed E-state index contributed by atoms with van der Waals surface area (Å²) in [4.78, 5) is 10.6. The van der Waals surface area contributed by atoms with Crippen LogP contribution in [-0.4, -0.2) is 10.9 Å². The molecule has 0 fully saturated rings. The van der Waals surface area contributed by atoms with Crippen molar-refractivity contribution in [3.8, 4) is 11.3 Å². The van der Waals surface area contributed by atoms with E-state index < -0.39 is 0 Å². The zero-order valence-corrected chi connectivity index (χ0v) is 8.27. The van der Waals surface area contributed by atoms with E-state index in [4.69, 9.17) is 0 Å². The van der Waals surface area contributed by atoms with Crippen LogP contribution in [0, 0.1) is 5.82 Å². The van der Waals surface area contributed by atoms with Gasteiger partial charge in [-0.3, -0.25) is 4.79 Å². The molecule has 0 aliphatic rings. The first-order valence-corrected chi connectivity index (χ1v) is 4.60. The van der Waals surface area contributed by atoms with Crippen LogP contribution in [0.1, 0.15) is 10.5 Å². The minimum absolute atomic E-state index is 0.281. The maximum Gasteiger partial charge on any atom is 0.166 e. The van der Waals surface area contributed by atoms with Crippen molar-refractivity contribution in [3.63, 3.8) is 0 Å². The SMILES string of the molecule is Cn1c(C=O)ccc1-c1ccccc1F. The lowest BCUT2D eigenvalue weighted by atomic mass is 10.1. The molecule has 2 rings (SSSR count). The highest BCUT2D eigenvalue weighted by molar-refractivity contribution is 5.76. The molecule has 15 heavy (non-hydrogen) atoms. The Morgan fingerprint density at radius 1 is 1.20 bits per heavy atom. The van der Waals surface area contributed by atoms with Crippen LogP contribution in [0.5, 0.6) is 0 Å².